The van der Waals surface area contributed by atoms with Gasteiger partial charge >= 0.3 is 5.69 Å². The van der Waals surface area contributed by atoms with Crippen molar-refractivity contribution < 1.29 is 9.66 Å². The zero-order valence-electron chi connectivity index (χ0n) is 13.0. The summed E-state index contributed by atoms with van der Waals surface area (Å²) in [6, 6.07) is 5.73. The van der Waals surface area contributed by atoms with E-state index in [1.165, 1.54) is 26.0 Å². The third-order valence-corrected chi connectivity index (χ3v) is 4.61. The zero-order chi connectivity index (χ0) is 15.5. The summed E-state index contributed by atoms with van der Waals surface area (Å²) in [4.78, 5) is 12.8. The molecule has 2 aliphatic rings. The lowest BCUT2D eigenvalue weighted by Crippen LogP contribution is -2.43. The molecule has 1 saturated heterocycles. The Labute approximate surface area is 130 Å². The van der Waals surface area contributed by atoms with Crippen LogP contribution in [0.25, 0.3) is 0 Å². The molecule has 0 aromatic heterocycles. The lowest BCUT2D eigenvalue weighted by atomic mass is 10.0. The van der Waals surface area contributed by atoms with Gasteiger partial charge in [0.1, 0.15) is 0 Å². The summed E-state index contributed by atoms with van der Waals surface area (Å²) in [5, 5.41) is 14.6. The van der Waals surface area contributed by atoms with Gasteiger partial charge in [0, 0.05) is 37.0 Å². The Morgan fingerprint density at radius 3 is 2.64 bits per heavy atom. The standard InChI is InChI=1S/C16H23N3O3/c1-22-16-10-14(4-5-15(16)19(20)21)18-8-6-13(7-9-18)17-11-12-2-3-12/h4-5,10,12-13,17H,2-3,6-9,11H2,1H3. The van der Waals surface area contributed by atoms with Gasteiger partial charge in [-0.15, -0.1) is 0 Å². The number of nitro groups is 1. The first-order valence-corrected chi connectivity index (χ1v) is 7.98. The number of anilines is 1. The van der Waals surface area contributed by atoms with Crippen LogP contribution >= 0.6 is 0 Å². The average molecular weight is 305 g/mol. The highest BCUT2D eigenvalue weighted by Gasteiger charge is 2.25. The molecule has 1 aliphatic carbocycles. The highest BCUT2D eigenvalue weighted by molar-refractivity contribution is 5.59. The van der Waals surface area contributed by atoms with Crippen molar-refractivity contribution in [2.45, 2.75) is 31.7 Å². The van der Waals surface area contributed by atoms with E-state index < -0.39 is 4.92 Å². The number of nitro benzene ring substituents is 1. The molecule has 2 fully saturated rings. The minimum Gasteiger partial charge on any atom is -0.490 e. The summed E-state index contributed by atoms with van der Waals surface area (Å²) < 4.78 is 5.15. The molecule has 0 radical (unpaired) electrons. The number of benzene rings is 1. The van der Waals surface area contributed by atoms with Crippen LogP contribution < -0.4 is 15.0 Å². The van der Waals surface area contributed by atoms with E-state index in [-0.39, 0.29) is 5.69 Å². The third kappa shape index (κ3) is 3.50. The van der Waals surface area contributed by atoms with Gasteiger partial charge in [0.15, 0.2) is 5.75 Å². The van der Waals surface area contributed by atoms with Crippen LogP contribution in [-0.4, -0.2) is 37.7 Å². The molecule has 1 N–H and O–H groups in total. The molecule has 1 aromatic carbocycles. The first-order valence-electron chi connectivity index (χ1n) is 7.98. The summed E-state index contributed by atoms with van der Waals surface area (Å²) in [6.45, 7) is 3.11. The van der Waals surface area contributed by atoms with E-state index in [4.69, 9.17) is 4.74 Å². The van der Waals surface area contributed by atoms with E-state index in [2.05, 4.69) is 10.2 Å². The van der Waals surface area contributed by atoms with Crippen LogP contribution in [0.5, 0.6) is 5.75 Å². The van der Waals surface area contributed by atoms with Crippen LogP contribution in [0.2, 0.25) is 0 Å². The molecule has 1 heterocycles. The Morgan fingerprint density at radius 1 is 1.32 bits per heavy atom. The maximum atomic E-state index is 10.9. The van der Waals surface area contributed by atoms with Crippen molar-refractivity contribution >= 4 is 11.4 Å². The van der Waals surface area contributed by atoms with E-state index in [0.717, 1.165) is 44.1 Å². The number of ether oxygens (including phenoxy) is 1. The van der Waals surface area contributed by atoms with Gasteiger partial charge in [0.2, 0.25) is 0 Å². The number of piperidine rings is 1. The number of methoxy groups -OCH3 is 1. The van der Waals surface area contributed by atoms with E-state index in [1.54, 1.807) is 6.07 Å². The van der Waals surface area contributed by atoms with Crippen molar-refractivity contribution in [3.8, 4) is 5.75 Å². The second kappa shape index (κ2) is 6.52. The molecule has 0 unspecified atom stereocenters. The van der Waals surface area contributed by atoms with Crippen molar-refractivity contribution in [1.82, 2.24) is 5.32 Å². The van der Waals surface area contributed by atoms with Crippen molar-refractivity contribution in [3.63, 3.8) is 0 Å². The van der Waals surface area contributed by atoms with Gasteiger partial charge in [-0.1, -0.05) is 0 Å². The van der Waals surface area contributed by atoms with Crippen molar-refractivity contribution in [1.29, 1.82) is 0 Å². The Balaban J connectivity index is 1.59. The second-order valence-corrected chi connectivity index (χ2v) is 6.23. The monoisotopic (exact) mass is 305 g/mol. The number of nitrogens with one attached hydrogen (secondary N) is 1. The first-order chi connectivity index (χ1) is 10.7. The molecule has 0 spiro atoms. The average Bonchev–Trinajstić information content (AvgIpc) is 3.37. The van der Waals surface area contributed by atoms with Crippen LogP contribution in [0.3, 0.4) is 0 Å². The minimum atomic E-state index is -0.406. The Kier molecular flexibility index (Phi) is 4.47. The van der Waals surface area contributed by atoms with Gasteiger partial charge in [0.25, 0.3) is 0 Å². The number of hydrogen-bond donors (Lipinski definition) is 1. The lowest BCUT2D eigenvalue weighted by Gasteiger charge is -2.34. The number of nitrogens with zero attached hydrogens (tertiary/aromatic N) is 2. The maximum Gasteiger partial charge on any atom is 0.311 e. The highest BCUT2D eigenvalue weighted by Crippen LogP contribution is 2.32. The van der Waals surface area contributed by atoms with Crippen LogP contribution in [0, 0.1) is 16.0 Å². The van der Waals surface area contributed by atoms with Gasteiger partial charge in [-0.25, -0.2) is 0 Å². The fourth-order valence-electron chi connectivity index (χ4n) is 3.01. The smallest absolute Gasteiger partial charge is 0.311 e. The zero-order valence-corrected chi connectivity index (χ0v) is 13.0. The fourth-order valence-corrected chi connectivity index (χ4v) is 3.01. The number of hydrogen-bond acceptors (Lipinski definition) is 5. The van der Waals surface area contributed by atoms with E-state index >= 15 is 0 Å². The molecule has 120 valence electrons. The van der Waals surface area contributed by atoms with Gasteiger partial charge in [-0.3, -0.25) is 10.1 Å². The van der Waals surface area contributed by atoms with Gasteiger partial charge in [-0.05, 0) is 44.2 Å². The van der Waals surface area contributed by atoms with Crippen molar-refractivity contribution in [3.05, 3.63) is 28.3 Å². The highest BCUT2D eigenvalue weighted by atomic mass is 16.6. The molecule has 1 aromatic rings. The molecular weight excluding hydrogens is 282 g/mol. The second-order valence-electron chi connectivity index (χ2n) is 6.23. The van der Waals surface area contributed by atoms with E-state index in [9.17, 15) is 10.1 Å². The molecule has 6 heteroatoms. The van der Waals surface area contributed by atoms with Gasteiger partial charge < -0.3 is 15.0 Å². The molecule has 22 heavy (non-hydrogen) atoms. The summed E-state index contributed by atoms with van der Waals surface area (Å²) >= 11 is 0. The quantitative estimate of drug-likeness (QED) is 0.646. The van der Waals surface area contributed by atoms with Gasteiger partial charge in [0.05, 0.1) is 12.0 Å². The molecule has 3 rings (SSSR count). The van der Waals surface area contributed by atoms with Crippen LogP contribution in [0.4, 0.5) is 11.4 Å². The molecule has 0 bridgehead atoms. The molecule has 1 saturated carbocycles. The van der Waals surface area contributed by atoms with Crippen LogP contribution in [0.15, 0.2) is 18.2 Å². The fraction of sp³-hybridized carbons (Fsp3) is 0.625. The predicted octanol–water partition coefficient (Wildman–Crippen LogP) is 2.57. The van der Waals surface area contributed by atoms with Crippen molar-refractivity contribution in [2.75, 3.05) is 31.6 Å². The Morgan fingerprint density at radius 2 is 2.05 bits per heavy atom. The largest absolute Gasteiger partial charge is 0.490 e. The van der Waals surface area contributed by atoms with Gasteiger partial charge in [-0.2, -0.15) is 0 Å². The predicted molar refractivity (Wildman–Crippen MR) is 85.6 cm³/mol. The molecular formula is C16H23N3O3. The number of rotatable bonds is 6. The van der Waals surface area contributed by atoms with E-state index in [0.29, 0.717) is 11.8 Å². The molecule has 6 nitrogen and oxygen atoms in total. The molecule has 0 atom stereocenters. The van der Waals surface area contributed by atoms with E-state index in [1.807, 2.05) is 6.07 Å². The minimum absolute atomic E-state index is 0.0206. The summed E-state index contributed by atoms with van der Waals surface area (Å²) in [5.74, 6) is 1.24. The Bertz CT molecular complexity index is 537. The summed E-state index contributed by atoms with van der Waals surface area (Å²) in [7, 11) is 1.47. The maximum absolute atomic E-state index is 10.9. The third-order valence-electron chi connectivity index (χ3n) is 4.61. The summed E-state index contributed by atoms with van der Waals surface area (Å²) in [6.07, 6.45) is 5.00. The topological polar surface area (TPSA) is 67.6 Å². The first kappa shape index (κ1) is 15.1. The van der Waals surface area contributed by atoms with Crippen molar-refractivity contribution in [2.24, 2.45) is 5.92 Å². The Hall–Kier alpha value is -1.82. The summed E-state index contributed by atoms with van der Waals surface area (Å²) in [5.41, 5.74) is 1.02. The van der Waals surface area contributed by atoms with Crippen LogP contribution in [-0.2, 0) is 0 Å². The molecule has 0 amide bonds. The SMILES string of the molecule is COc1cc(N2CCC(NCC3CC3)CC2)ccc1[N+](=O)[O-]. The lowest BCUT2D eigenvalue weighted by molar-refractivity contribution is -0.385. The molecule has 1 aliphatic heterocycles. The normalized spacial score (nSPS) is 19.2. The van der Waals surface area contributed by atoms with Crippen LogP contribution in [0.1, 0.15) is 25.7 Å².